The zero-order chi connectivity index (χ0) is 17.8. The number of ether oxygens (including phenoxy) is 2. The Bertz CT molecular complexity index is 856. The molecule has 0 aliphatic heterocycles. The number of hydrogen-bond donors (Lipinski definition) is 2. The molecule has 0 fully saturated rings. The molecule has 0 saturated heterocycles. The molecular formula is C19H21N3O3. The molecule has 1 heterocycles. The number of nitrogens with zero attached hydrogens (tertiary/aromatic N) is 1. The first-order valence-corrected chi connectivity index (χ1v) is 8.13. The number of carbonyl (C=O) groups excluding carboxylic acids is 1. The summed E-state index contributed by atoms with van der Waals surface area (Å²) in [4.78, 5) is 20.5. The van der Waals surface area contributed by atoms with Crippen molar-refractivity contribution < 1.29 is 14.3 Å². The van der Waals surface area contributed by atoms with Crippen LogP contribution in [0.15, 0.2) is 42.5 Å². The first-order chi connectivity index (χ1) is 12.2. The molecule has 0 aliphatic carbocycles. The summed E-state index contributed by atoms with van der Waals surface area (Å²) in [6, 6.07) is 12.7. The molecule has 0 saturated carbocycles. The number of amides is 1. The number of benzene rings is 2. The van der Waals surface area contributed by atoms with Crippen LogP contribution >= 0.6 is 0 Å². The molecule has 2 aromatic carbocycles. The normalized spacial score (nSPS) is 12.0. The molecule has 2 N–H and O–H groups in total. The minimum atomic E-state index is -0.201. The molecule has 0 aliphatic rings. The maximum atomic E-state index is 12.6. The fraction of sp³-hybridized carbons (Fsp3) is 0.263. The molecule has 25 heavy (non-hydrogen) atoms. The van der Waals surface area contributed by atoms with Gasteiger partial charge in [-0.25, -0.2) is 4.98 Å². The standard InChI is InChI=1S/C19H21N3O3/c1-4-13(18-20-14-7-5-6-8-15(14)21-18)22-19(23)12-9-10-16(24-2)17(11-12)25-3/h5-11,13H,4H2,1-3H3,(H,20,21)(H,22,23)/t13-/m1/s1. The number of rotatable bonds is 6. The molecule has 3 aromatic rings. The second-order valence-electron chi connectivity index (χ2n) is 5.64. The molecule has 1 amide bonds. The second-order valence-corrected chi connectivity index (χ2v) is 5.64. The third-order valence-electron chi connectivity index (χ3n) is 4.10. The van der Waals surface area contributed by atoms with E-state index in [0.717, 1.165) is 23.3 Å². The number of aromatic amines is 1. The van der Waals surface area contributed by atoms with E-state index in [-0.39, 0.29) is 11.9 Å². The molecule has 6 heteroatoms. The van der Waals surface area contributed by atoms with Crippen molar-refractivity contribution in [3.05, 3.63) is 53.9 Å². The van der Waals surface area contributed by atoms with Crippen LogP contribution in [0.1, 0.15) is 35.6 Å². The highest BCUT2D eigenvalue weighted by atomic mass is 16.5. The Hall–Kier alpha value is -3.02. The Morgan fingerprint density at radius 2 is 1.92 bits per heavy atom. The van der Waals surface area contributed by atoms with Crippen molar-refractivity contribution in [1.82, 2.24) is 15.3 Å². The van der Waals surface area contributed by atoms with Crippen molar-refractivity contribution >= 4 is 16.9 Å². The van der Waals surface area contributed by atoms with Crippen LogP contribution in [0.3, 0.4) is 0 Å². The van der Waals surface area contributed by atoms with Gasteiger partial charge in [0.25, 0.3) is 5.91 Å². The predicted molar refractivity (Wildman–Crippen MR) is 96.1 cm³/mol. The molecule has 0 unspecified atom stereocenters. The van der Waals surface area contributed by atoms with Gasteiger partial charge in [0, 0.05) is 5.56 Å². The maximum absolute atomic E-state index is 12.6. The van der Waals surface area contributed by atoms with Gasteiger partial charge in [0.2, 0.25) is 0 Å². The molecule has 130 valence electrons. The summed E-state index contributed by atoms with van der Waals surface area (Å²) in [5.74, 6) is 1.67. The Morgan fingerprint density at radius 1 is 1.16 bits per heavy atom. The van der Waals surface area contributed by atoms with Crippen molar-refractivity contribution in [2.75, 3.05) is 14.2 Å². The number of H-pyrrole nitrogens is 1. The van der Waals surface area contributed by atoms with Crippen LogP contribution in [0.5, 0.6) is 11.5 Å². The Labute approximate surface area is 146 Å². The second kappa shape index (κ2) is 7.25. The summed E-state index contributed by atoms with van der Waals surface area (Å²) in [5, 5.41) is 3.02. The summed E-state index contributed by atoms with van der Waals surface area (Å²) in [6.07, 6.45) is 0.721. The highest BCUT2D eigenvalue weighted by molar-refractivity contribution is 5.95. The Balaban J connectivity index is 1.82. The SMILES string of the molecule is CC[C@@H](NC(=O)c1ccc(OC)c(OC)c1)c1nc2ccccc2[nH]1. The zero-order valence-corrected chi connectivity index (χ0v) is 14.5. The number of imidazole rings is 1. The van der Waals surface area contributed by atoms with E-state index in [1.807, 2.05) is 31.2 Å². The van der Waals surface area contributed by atoms with Gasteiger partial charge in [-0.05, 0) is 36.8 Å². The fourth-order valence-electron chi connectivity index (χ4n) is 2.72. The number of hydrogen-bond acceptors (Lipinski definition) is 4. The van der Waals surface area contributed by atoms with Gasteiger partial charge in [0.15, 0.2) is 11.5 Å². The van der Waals surface area contributed by atoms with E-state index in [4.69, 9.17) is 9.47 Å². The third kappa shape index (κ3) is 3.42. The molecule has 1 atom stereocenters. The average Bonchev–Trinajstić information content (AvgIpc) is 3.09. The first-order valence-electron chi connectivity index (χ1n) is 8.13. The van der Waals surface area contributed by atoms with Crippen molar-refractivity contribution in [3.8, 4) is 11.5 Å². The van der Waals surface area contributed by atoms with E-state index in [2.05, 4.69) is 15.3 Å². The van der Waals surface area contributed by atoms with E-state index in [1.54, 1.807) is 32.4 Å². The van der Waals surface area contributed by atoms with Gasteiger partial charge in [-0.15, -0.1) is 0 Å². The van der Waals surface area contributed by atoms with Gasteiger partial charge < -0.3 is 19.8 Å². The van der Waals surface area contributed by atoms with E-state index in [1.165, 1.54) is 0 Å². The van der Waals surface area contributed by atoms with Crippen LogP contribution < -0.4 is 14.8 Å². The van der Waals surface area contributed by atoms with E-state index in [9.17, 15) is 4.79 Å². The van der Waals surface area contributed by atoms with Crippen molar-refractivity contribution in [1.29, 1.82) is 0 Å². The van der Waals surface area contributed by atoms with Gasteiger partial charge in [-0.2, -0.15) is 0 Å². The molecule has 6 nitrogen and oxygen atoms in total. The van der Waals surface area contributed by atoms with Gasteiger partial charge in [0.05, 0.1) is 31.3 Å². The Kier molecular flexibility index (Phi) is 4.88. The van der Waals surface area contributed by atoms with Crippen LogP contribution in [0.4, 0.5) is 0 Å². The zero-order valence-electron chi connectivity index (χ0n) is 14.5. The van der Waals surface area contributed by atoms with Gasteiger partial charge >= 0.3 is 0 Å². The average molecular weight is 339 g/mol. The molecular weight excluding hydrogens is 318 g/mol. The molecule has 0 bridgehead atoms. The molecule has 0 radical (unpaired) electrons. The highest BCUT2D eigenvalue weighted by Crippen LogP contribution is 2.28. The lowest BCUT2D eigenvalue weighted by Gasteiger charge is -2.15. The molecule has 1 aromatic heterocycles. The smallest absolute Gasteiger partial charge is 0.252 e. The quantitative estimate of drug-likeness (QED) is 0.721. The number of carbonyl (C=O) groups is 1. The van der Waals surface area contributed by atoms with Crippen LogP contribution in [-0.4, -0.2) is 30.1 Å². The van der Waals surface area contributed by atoms with Crippen LogP contribution in [0.2, 0.25) is 0 Å². The topological polar surface area (TPSA) is 76.2 Å². The largest absolute Gasteiger partial charge is 0.493 e. The number of methoxy groups -OCH3 is 2. The Morgan fingerprint density at radius 3 is 2.60 bits per heavy atom. The summed E-state index contributed by atoms with van der Waals surface area (Å²) in [7, 11) is 3.11. The number of aromatic nitrogens is 2. The lowest BCUT2D eigenvalue weighted by molar-refractivity contribution is 0.0933. The summed E-state index contributed by atoms with van der Waals surface area (Å²) in [5.41, 5.74) is 2.35. The summed E-state index contributed by atoms with van der Waals surface area (Å²) >= 11 is 0. The predicted octanol–water partition coefficient (Wildman–Crippen LogP) is 3.46. The maximum Gasteiger partial charge on any atom is 0.252 e. The van der Waals surface area contributed by atoms with Crippen LogP contribution in [-0.2, 0) is 0 Å². The molecule has 3 rings (SSSR count). The number of para-hydroxylation sites is 2. The lowest BCUT2D eigenvalue weighted by atomic mass is 10.1. The van der Waals surface area contributed by atoms with Gasteiger partial charge in [-0.1, -0.05) is 19.1 Å². The first kappa shape index (κ1) is 16.8. The van der Waals surface area contributed by atoms with Crippen molar-refractivity contribution in [2.24, 2.45) is 0 Å². The van der Waals surface area contributed by atoms with E-state index < -0.39 is 0 Å². The van der Waals surface area contributed by atoms with Crippen molar-refractivity contribution in [3.63, 3.8) is 0 Å². The van der Waals surface area contributed by atoms with Crippen LogP contribution in [0, 0.1) is 0 Å². The van der Waals surface area contributed by atoms with Crippen molar-refractivity contribution in [2.45, 2.75) is 19.4 Å². The van der Waals surface area contributed by atoms with Gasteiger partial charge in [0.1, 0.15) is 5.82 Å². The number of nitrogens with one attached hydrogen (secondary N) is 2. The third-order valence-corrected chi connectivity index (χ3v) is 4.10. The van der Waals surface area contributed by atoms with E-state index in [0.29, 0.717) is 17.1 Å². The fourth-order valence-corrected chi connectivity index (χ4v) is 2.72. The van der Waals surface area contributed by atoms with Gasteiger partial charge in [-0.3, -0.25) is 4.79 Å². The molecule has 0 spiro atoms. The van der Waals surface area contributed by atoms with E-state index >= 15 is 0 Å². The highest BCUT2D eigenvalue weighted by Gasteiger charge is 2.18. The number of fused-ring (bicyclic) bond motifs is 1. The minimum absolute atomic E-state index is 0.187. The lowest BCUT2D eigenvalue weighted by Crippen LogP contribution is -2.28. The minimum Gasteiger partial charge on any atom is -0.493 e. The monoisotopic (exact) mass is 339 g/mol. The summed E-state index contributed by atoms with van der Waals surface area (Å²) in [6.45, 7) is 2.01. The summed E-state index contributed by atoms with van der Waals surface area (Å²) < 4.78 is 10.5. The van der Waals surface area contributed by atoms with Crippen LogP contribution in [0.25, 0.3) is 11.0 Å².